The number of nitrogens with zero attached hydrogens (tertiary/aromatic N) is 4. The lowest BCUT2D eigenvalue weighted by Crippen LogP contribution is -2.43. The molecule has 1 saturated heterocycles. The van der Waals surface area contributed by atoms with E-state index in [1.165, 1.54) is 29.2 Å². The molecule has 0 atom stereocenters. The molecule has 0 spiro atoms. The lowest BCUT2D eigenvalue weighted by molar-refractivity contribution is -0.384. The van der Waals surface area contributed by atoms with Crippen molar-refractivity contribution in [3.63, 3.8) is 0 Å². The topological polar surface area (TPSA) is 108 Å². The maximum Gasteiger partial charge on any atom is 0.278 e. The number of rotatable bonds is 8. The number of nitro benzene ring substituents is 1. The van der Waals surface area contributed by atoms with E-state index in [9.17, 15) is 19.7 Å². The van der Waals surface area contributed by atoms with E-state index in [0.29, 0.717) is 31.0 Å². The van der Waals surface area contributed by atoms with Gasteiger partial charge in [-0.2, -0.15) is 0 Å². The summed E-state index contributed by atoms with van der Waals surface area (Å²) in [7, 11) is 3.87. The summed E-state index contributed by atoms with van der Waals surface area (Å²) in [5, 5.41) is 14.2. The lowest BCUT2D eigenvalue weighted by Gasteiger charge is -2.28. The van der Waals surface area contributed by atoms with Crippen LogP contribution in [0.25, 0.3) is 5.57 Å². The number of hydrogen-bond donors (Lipinski definition) is 1. The molecule has 34 heavy (non-hydrogen) atoms. The zero-order chi connectivity index (χ0) is 24.2. The van der Waals surface area contributed by atoms with Crippen molar-refractivity contribution >= 4 is 34.4 Å². The second-order valence-corrected chi connectivity index (χ2v) is 8.34. The van der Waals surface area contributed by atoms with Gasteiger partial charge in [0.1, 0.15) is 5.70 Å². The molecule has 1 fully saturated rings. The zero-order valence-electron chi connectivity index (χ0n) is 19.2. The Morgan fingerprint density at radius 1 is 0.971 bits per heavy atom. The Balaban J connectivity index is 1.63. The predicted octanol–water partition coefficient (Wildman–Crippen LogP) is 2.18. The molecule has 0 saturated carbocycles. The molecular formula is C24H27N5O5. The van der Waals surface area contributed by atoms with Gasteiger partial charge in [-0.1, -0.05) is 0 Å². The predicted molar refractivity (Wildman–Crippen MR) is 128 cm³/mol. The van der Waals surface area contributed by atoms with Gasteiger partial charge in [0.05, 0.1) is 23.7 Å². The summed E-state index contributed by atoms with van der Waals surface area (Å²) in [5.74, 6) is -0.831. The summed E-state index contributed by atoms with van der Waals surface area (Å²) < 4.78 is 5.36. The third kappa shape index (κ3) is 4.92. The third-order valence-electron chi connectivity index (χ3n) is 5.93. The Morgan fingerprint density at radius 2 is 1.62 bits per heavy atom. The fourth-order valence-electron chi connectivity index (χ4n) is 3.97. The van der Waals surface area contributed by atoms with Gasteiger partial charge in [0.2, 0.25) is 0 Å². The van der Waals surface area contributed by atoms with Gasteiger partial charge < -0.3 is 15.0 Å². The molecule has 10 heteroatoms. The van der Waals surface area contributed by atoms with Gasteiger partial charge in [0.25, 0.3) is 17.5 Å². The molecule has 0 aromatic heterocycles. The number of benzene rings is 2. The van der Waals surface area contributed by atoms with E-state index in [0.717, 1.165) is 18.8 Å². The van der Waals surface area contributed by atoms with Crippen molar-refractivity contribution in [2.24, 2.45) is 0 Å². The molecule has 0 bridgehead atoms. The molecule has 10 nitrogen and oxygen atoms in total. The zero-order valence-corrected chi connectivity index (χ0v) is 19.2. The number of hydrogen-bond acceptors (Lipinski definition) is 8. The Bertz CT molecular complexity index is 1110. The van der Waals surface area contributed by atoms with Crippen molar-refractivity contribution in [2.75, 3.05) is 63.7 Å². The highest BCUT2D eigenvalue weighted by atomic mass is 16.6. The Hall–Kier alpha value is -3.76. The number of anilines is 2. The van der Waals surface area contributed by atoms with Crippen LogP contribution in [0.3, 0.4) is 0 Å². The fourth-order valence-corrected chi connectivity index (χ4v) is 3.97. The van der Waals surface area contributed by atoms with E-state index < -0.39 is 16.7 Å². The number of ether oxygens (including phenoxy) is 1. The van der Waals surface area contributed by atoms with E-state index in [-0.39, 0.29) is 23.5 Å². The van der Waals surface area contributed by atoms with Gasteiger partial charge in [-0.3, -0.25) is 29.5 Å². The standard InChI is InChI=1S/C24H27N5O5/c1-26(2)19-9-5-18(6-10-19)25-22-21(17-3-7-20(8-4-17)29(32)33)23(30)28(24(22)31)12-11-27-13-15-34-16-14-27/h3-10,25H,11-16H2,1-2H3. The van der Waals surface area contributed by atoms with Crippen LogP contribution < -0.4 is 10.2 Å². The van der Waals surface area contributed by atoms with E-state index in [1.54, 1.807) is 0 Å². The molecule has 2 aliphatic rings. The summed E-state index contributed by atoms with van der Waals surface area (Å²) in [6.45, 7) is 3.57. The van der Waals surface area contributed by atoms with Crippen molar-refractivity contribution in [1.29, 1.82) is 0 Å². The minimum Gasteiger partial charge on any atom is -0.379 e. The van der Waals surface area contributed by atoms with Gasteiger partial charge in [0.15, 0.2) is 0 Å². The molecule has 2 aliphatic heterocycles. The molecule has 0 radical (unpaired) electrons. The fraction of sp³-hybridized carbons (Fsp3) is 0.333. The van der Waals surface area contributed by atoms with Crippen molar-refractivity contribution in [3.05, 3.63) is 69.9 Å². The van der Waals surface area contributed by atoms with Crippen LogP contribution in [0.2, 0.25) is 0 Å². The summed E-state index contributed by atoms with van der Waals surface area (Å²) in [6, 6.07) is 13.2. The number of morpholine rings is 1. The van der Waals surface area contributed by atoms with E-state index in [1.807, 2.05) is 43.3 Å². The number of nitrogens with one attached hydrogen (secondary N) is 1. The van der Waals surface area contributed by atoms with Gasteiger partial charge in [0, 0.05) is 63.8 Å². The van der Waals surface area contributed by atoms with E-state index >= 15 is 0 Å². The van der Waals surface area contributed by atoms with Crippen LogP contribution in [-0.4, -0.2) is 80.0 Å². The molecule has 0 aliphatic carbocycles. The minimum atomic E-state index is -0.500. The first-order valence-corrected chi connectivity index (χ1v) is 11.0. The number of carbonyl (C=O) groups excluding carboxylic acids is 2. The maximum absolute atomic E-state index is 13.4. The van der Waals surface area contributed by atoms with Crippen molar-refractivity contribution in [2.45, 2.75) is 0 Å². The van der Waals surface area contributed by atoms with Crippen LogP contribution in [-0.2, 0) is 14.3 Å². The lowest BCUT2D eigenvalue weighted by atomic mass is 10.0. The number of imide groups is 1. The monoisotopic (exact) mass is 465 g/mol. The first-order chi connectivity index (χ1) is 16.3. The van der Waals surface area contributed by atoms with E-state index in [2.05, 4.69) is 10.2 Å². The molecule has 0 unspecified atom stereocenters. The number of amides is 2. The minimum absolute atomic E-state index is 0.0842. The Kier molecular flexibility index (Phi) is 6.90. The molecule has 178 valence electrons. The average molecular weight is 466 g/mol. The normalized spacial score (nSPS) is 16.8. The highest BCUT2D eigenvalue weighted by molar-refractivity contribution is 6.36. The van der Waals surface area contributed by atoms with Crippen LogP contribution in [0.15, 0.2) is 54.2 Å². The molecule has 2 aromatic rings. The largest absolute Gasteiger partial charge is 0.379 e. The summed E-state index contributed by atoms with van der Waals surface area (Å²) in [6.07, 6.45) is 0. The SMILES string of the molecule is CN(C)c1ccc(NC2=C(c3ccc([N+](=O)[O-])cc3)C(=O)N(CCN3CCOCC3)C2=O)cc1. The van der Waals surface area contributed by atoms with Gasteiger partial charge >= 0.3 is 0 Å². The first kappa shape index (κ1) is 23.4. The molecule has 2 heterocycles. The Morgan fingerprint density at radius 3 is 2.21 bits per heavy atom. The summed E-state index contributed by atoms with van der Waals surface area (Å²) in [4.78, 5) is 42.6. The maximum atomic E-state index is 13.4. The van der Waals surface area contributed by atoms with E-state index in [4.69, 9.17) is 4.74 Å². The van der Waals surface area contributed by atoms with Crippen molar-refractivity contribution < 1.29 is 19.2 Å². The van der Waals surface area contributed by atoms with Crippen molar-refractivity contribution in [1.82, 2.24) is 9.80 Å². The molecule has 1 N–H and O–H groups in total. The van der Waals surface area contributed by atoms with Crippen LogP contribution in [0.1, 0.15) is 5.56 Å². The number of carbonyl (C=O) groups is 2. The van der Waals surface area contributed by atoms with Gasteiger partial charge in [-0.05, 0) is 42.0 Å². The number of non-ortho nitro benzene ring substituents is 1. The van der Waals surface area contributed by atoms with Crippen molar-refractivity contribution in [3.8, 4) is 0 Å². The quantitative estimate of drug-likeness (QED) is 0.359. The number of nitro groups is 1. The summed E-state index contributed by atoms with van der Waals surface area (Å²) >= 11 is 0. The molecule has 2 amide bonds. The molecule has 4 rings (SSSR count). The van der Waals surface area contributed by atoms with Gasteiger partial charge in [-0.15, -0.1) is 0 Å². The van der Waals surface area contributed by atoms with Crippen LogP contribution in [0.5, 0.6) is 0 Å². The third-order valence-corrected chi connectivity index (χ3v) is 5.93. The van der Waals surface area contributed by atoms with Crippen LogP contribution in [0.4, 0.5) is 17.1 Å². The van der Waals surface area contributed by atoms with Gasteiger partial charge in [-0.25, -0.2) is 0 Å². The smallest absolute Gasteiger partial charge is 0.278 e. The first-order valence-electron chi connectivity index (χ1n) is 11.0. The second-order valence-electron chi connectivity index (χ2n) is 8.34. The highest BCUT2D eigenvalue weighted by Gasteiger charge is 2.39. The highest BCUT2D eigenvalue weighted by Crippen LogP contribution is 2.31. The summed E-state index contributed by atoms with van der Waals surface area (Å²) in [5.41, 5.74) is 2.40. The van der Waals surface area contributed by atoms with Crippen LogP contribution >= 0.6 is 0 Å². The average Bonchev–Trinajstić information content (AvgIpc) is 3.07. The Labute approximate surface area is 197 Å². The molecule has 2 aromatic carbocycles. The second kappa shape index (κ2) is 10.0. The van der Waals surface area contributed by atoms with Crippen LogP contribution in [0, 0.1) is 10.1 Å². The molecular weight excluding hydrogens is 438 g/mol.